The Kier molecular flexibility index (Phi) is 5.92. The Labute approximate surface area is 155 Å². The zero-order valence-electron chi connectivity index (χ0n) is 15.5. The summed E-state index contributed by atoms with van der Waals surface area (Å²) < 4.78 is 0. The maximum absolute atomic E-state index is 13.0. The SMILES string of the molecule is CCCc1cc(C(=O)N2CCCC2c2ccc(CN(C)C)cc2)cs1. The van der Waals surface area contributed by atoms with Gasteiger partial charge in [-0.05, 0) is 50.6 Å². The first-order chi connectivity index (χ1) is 12.1. The Hall–Kier alpha value is -1.65. The molecule has 1 aromatic heterocycles. The zero-order valence-corrected chi connectivity index (χ0v) is 16.3. The van der Waals surface area contributed by atoms with E-state index in [0.29, 0.717) is 0 Å². The van der Waals surface area contributed by atoms with Gasteiger partial charge in [-0.25, -0.2) is 0 Å². The summed E-state index contributed by atoms with van der Waals surface area (Å²) in [6, 6.07) is 11.1. The highest BCUT2D eigenvalue weighted by atomic mass is 32.1. The number of rotatable bonds is 6. The minimum absolute atomic E-state index is 0.193. The van der Waals surface area contributed by atoms with Gasteiger partial charge in [0.05, 0.1) is 11.6 Å². The summed E-state index contributed by atoms with van der Waals surface area (Å²) in [7, 11) is 4.16. The van der Waals surface area contributed by atoms with E-state index in [0.717, 1.165) is 44.3 Å². The minimum atomic E-state index is 0.193. The molecule has 0 saturated carbocycles. The van der Waals surface area contributed by atoms with Gasteiger partial charge in [0.15, 0.2) is 0 Å². The van der Waals surface area contributed by atoms with Crippen LogP contribution < -0.4 is 0 Å². The third-order valence-electron chi connectivity index (χ3n) is 4.77. The second-order valence-electron chi connectivity index (χ2n) is 7.19. The summed E-state index contributed by atoms with van der Waals surface area (Å²) in [5.74, 6) is 0.193. The van der Waals surface area contributed by atoms with Gasteiger partial charge in [0, 0.05) is 23.3 Å². The molecule has 1 saturated heterocycles. The van der Waals surface area contributed by atoms with Gasteiger partial charge >= 0.3 is 0 Å². The van der Waals surface area contributed by atoms with Gasteiger partial charge in [0.2, 0.25) is 0 Å². The van der Waals surface area contributed by atoms with Gasteiger partial charge in [-0.1, -0.05) is 37.6 Å². The summed E-state index contributed by atoms with van der Waals surface area (Å²) in [5, 5.41) is 2.03. The van der Waals surface area contributed by atoms with Crippen LogP contribution in [0.4, 0.5) is 0 Å². The van der Waals surface area contributed by atoms with Crippen molar-refractivity contribution in [3.05, 3.63) is 57.3 Å². The first-order valence-electron chi connectivity index (χ1n) is 9.20. The van der Waals surface area contributed by atoms with Gasteiger partial charge in [-0.15, -0.1) is 11.3 Å². The fourth-order valence-corrected chi connectivity index (χ4v) is 4.57. The maximum Gasteiger partial charge on any atom is 0.255 e. The molecule has 0 bridgehead atoms. The number of hydrogen-bond acceptors (Lipinski definition) is 3. The number of aryl methyl sites for hydroxylation is 1. The Bertz CT molecular complexity index is 705. The first kappa shape index (κ1) is 18.2. The van der Waals surface area contributed by atoms with Crippen LogP contribution in [0, 0.1) is 0 Å². The predicted octanol–water partition coefficient (Wildman–Crippen LogP) is 4.74. The molecule has 1 atom stereocenters. The lowest BCUT2D eigenvalue weighted by Gasteiger charge is -2.25. The molecule has 2 aromatic rings. The third kappa shape index (κ3) is 4.31. The molecule has 2 heterocycles. The molecule has 1 aromatic carbocycles. The number of amides is 1. The first-order valence-corrected chi connectivity index (χ1v) is 10.1. The van der Waals surface area contributed by atoms with Crippen LogP contribution in [0.3, 0.4) is 0 Å². The summed E-state index contributed by atoms with van der Waals surface area (Å²) in [6.07, 6.45) is 4.33. The number of thiophene rings is 1. The summed E-state index contributed by atoms with van der Waals surface area (Å²) in [4.78, 5) is 18.5. The molecule has 1 unspecified atom stereocenters. The van der Waals surface area contributed by atoms with E-state index in [1.54, 1.807) is 11.3 Å². The molecule has 0 N–H and O–H groups in total. The van der Waals surface area contributed by atoms with Crippen LogP contribution in [0.25, 0.3) is 0 Å². The smallest absolute Gasteiger partial charge is 0.255 e. The number of nitrogens with zero attached hydrogens (tertiary/aromatic N) is 2. The molecular formula is C21H28N2OS. The highest BCUT2D eigenvalue weighted by Crippen LogP contribution is 2.34. The number of carbonyl (C=O) groups excluding carboxylic acids is 1. The van der Waals surface area contributed by atoms with E-state index in [9.17, 15) is 4.79 Å². The van der Waals surface area contributed by atoms with Crippen molar-refractivity contribution < 1.29 is 4.79 Å². The van der Waals surface area contributed by atoms with E-state index in [2.05, 4.69) is 61.2 Å². The monoisotopic (exact) mass is 356 g/mol. The van der Waals surface area contributed by atoms with E-state index in [4.69, 9.17) is 0 Å². The molecule has 25 heavy (non-hydrogen) atoms. The van der Waals surface area contributed by atoms with E-state index < -0.39 is 0 Å². The Morgan fingerprint density at radius 1 is 1.28 bits per heavy atom. The topological polar surface area (TPSA) is 23.6 Å². The highest BCUT2D eigenvalue weighted by molar-refractivity contribution is 7.10. The molecule has 3 nitrogen and oxygen atoms in total. The van der Waals surface area contributed by atoms with Crippen molar-refractivity contribution in [1.82, 2.24) is 9.80 Å². The summed E-state index contributed by atoms with van der Waals surface area (Å²) >= 11 is 1.71. The van der Waals surface area contributed by atoms with Crippen LogP contribution in [0.2, 0.25) is 0 Å². The molecule has 1 amide bonds. The van der Waals surface area contributed by atoms with E-state index in [1.165, 1.54) is 16.0 Å². The average molecular weight is 357 g/mol. The number of hydrogen-bond donors (Lipinski definition) is 0. The van der Waals surface area contributed by atoms with E-state index >= 15 is 0 Å². The van der Waals surface area contributed by atoms with Crippen molar-refractivity contribution >= 4 is 17.2 Å². The van der Waals surface area contributed by atoms with E-state index in [1.807, 2.05) is 5.38 Å². The maximum atomic E-state index is 13.0. The normalized spacial score (nSPS) is 17.4. The largest absolute Gasteiger partial charge is 0.332 e. The molecule has 0 spiro atoms. The lowest BCUT2D eigenvalue weighted by molar-refractivity contribution is 0.0736. The quantitative estimate of drug-likeness (QED) is 0.746. The number of likely N-dealkylation sites (tertiary alicyclic amines) is 1. The van der Waals surface area contributed by atoms with Crippen molar-refractivity contribution in [3.63, 3.8) is 0 Å². The fraction of sp³-hybridized carbons (Fsp3) is 0.476. The Morgan fingerprint density at radius 2 is 2.04 bits per heavy atom. The highest BCUT2D eigenvalue weighted by Gasteiger charge is 2.30. The molecule has 1 aliphatic heterocycles. The standard InChI is InChI=1S/C21H28N2OS/c1-4-6-19-13-18(15-25-19)21(24)23-12-5-7-20(23)17-10-8-16(9-11-17)14-22(2)3/h8-11,13,15,20H,4-7,12,14H2,1-3H3. The van der Waals surface area contributed by atoms with Gasteiger partial charge < -0.3 is 9.80 Å². The predicted molar refractivity (Wildman–Crippen MR) is 105 cm³/mol. The van der Waals surface area contributed by atoms with Crippen LogP contribution in [0.5, 0.6) is 0 Å². The average Bonchev–Trinajstić information content (AvgIpc) is 3.24. The van der Waals surface area contributed by atoms with Crippen LogP contribution in [-0.2, 0) is 13.0 Å². The molecule has 0 aliphatic carbocycles. The van der Waals surface area contributed by atoms with Crippen molar-refractivity contribution in [2.24, 2.45) is 0 Å². The van der Waals surface area contributed by atoms with Gasteiger partial charge in [0.25, 0.3) is 5.91 Å². The molecule has 0 radical (unpaired) electrons. The van der Waals surface area contributed by atoms with Crippen LogP contribution in [-0.4, -0.2) is 36.3 Å². The van der Waals surface area contributed by atoms with Gasteiger partial charge in [0.1, 0.15) is 0 Å². The van der Waals surface area contributed by atoms with Crippen LogP contribution >= 0.6 is 11.3 Å². The van der Waals surface area contributed by atoms with Crippen molar-refractivity contribution in [3.8, 4) is 0 Å². The molecular weight excluding hydrogens is 328 g/mol. The zero-order chi connectivity index (χ0) is 17.8. The Morgan fingerprint density at radius 3 is 2.72 bits per heavy atom. The lowest BCUT2D eigenvalue weighted by Crippen LogP contribution is -2.30. The molecule has 3 rings (SSSR count). The summed E-state index contributed by atoms with van der Waals surface area (Å²) in [5.41, 5.74) is 3.44. The van der Waals surface area contributed by atoms with Gasteiger partial charge in [-0.3, -0.25) is 4.79 Å². The Balaban J connectivity index is 1.74. The summed E-state index contributed by atoms with van der Waals surface area (Å²) in [6.45, 7) is 3.99. The van der Waals surface area contributed by atoms with E-state index in [-0.39, 0.29) is 11.9 Å². The minimum Gasteiger partial charge on any atom is -0.332 e. The second-order valence-corrected chi connectivity index (χ2v) is 8.18. The van der Waals surface area contributed by atoms with Crippen molar-refractivity contribution in [2.75, 3.05) is 20.6 Å². The second kappa shape index (κ2) is 8.15. The molecule has 1 fully saturated rings. The molecule has 134 valence electrons. The third-order valence-corrected chi connectivity index (χ3v) is 5.77. The fourth-order valence-electron chi connectivity index (χ4n) is 3.60. The number of benzene rings is 1. The number of carbonyl (C=O) groups is 1. The van der Waals surface area contributed by atoms with Crippen LogP contribution in [0.15, 0.2) is 35.7 Å². The van der Waals surface area contributed by atoms with Crippen LogP contribution in [0.1, 0.15) is 58.6 Å². The van der Waals surface area contributed by atoms with Crippen molar-refractivity contribution in [1.29, 1.82) is 0 Å². The molecule has 4 heteroatoms. The molecule has 1 aliphatic rings. The van der Waals surface area contributed by atoms with Gasteiger partial charge in [-0.2, -0.15) is 0 Å². The van der Waals surface area contributed by atoms with Crippen molar-refractivity contribution in [2.45, 2.75) is 45.2 Å². The lowest BCUT2D eigenvalue weighted by atomic mass is 10.0.